The van der Waals surface area contributed by atoms with Crippen molar-refractivity contribution in [1.29, 1.82) is 0 Å². The van der Waals surface area contributed by atoms with Gasteiger partial charge in [-0.2, -0.15) is 0 Å². The fraction of sp³-hybridized carbons (Fsp3) is 0.727. The molecule has 1 aliphatic rings. The molecule has 0 N–H and O–H groups in total. The van der Waals surface area contributed by atoms with Gasteiger partial charge >= 0.3 is 0 Å². The van der Waals surface area contributed by atoms with Gasteiger partial charge in [0.25, 0.3) is 0 Å². The Morgan fingerprint density at radius 1 is 1.67 bits per heavy atom. The van der Waals surface area contributed by atoms with Crippen LogP contribution in [0, 0.1) is 11.8 Å². The third kappa shape index (κ3) is 1.96. The minimum atomic E-state index is 0.304. The summed E-state index contributed by atoms with van der Waals surface area (Å²) < 4.78 is 0. The molecule has 0 saturated carbocycles. The Hall–Kier alpha value is -0.590. The first-order valence-electron chi connectivity index (χ1n) is 4.85. The van der Waals surface area contributed by atoms with E-state index in [2.05, 4.69) is 19.9 Å². The quantitative estimate of drug-likeness (QED) is 0.576. The van der Waals surface area contributed by atoms with Crippen molar-refractivity contribution in [3.05, 3.63) is 11.6 Å². The maximum atomic E-state index is 11.5. The summed E-state index contributed by atoms with van der Waals surface area (Å²) in [5, 5.41) is 0. The van der Waals surface area contributed by atoms with Crippen LogP contribution in [0.4, 0.5) is 0 Å². The topological polar surface area (TPSA) is 17.1 Å². The van der Waals surface area contributed by atoms with Gasteiger partial charge in [0.15, 0.2) is 0 Å². The number of hydrogen-bond donors (Lipinski definition) is 0. The Morgan fingerprint density at radius 3 is 2.83 bits per heavy atom. The molecule has 0 amide bonds. The standard InChI is InChI=1S/C11H18O/c1-4-11(12)10-6-5-8(2)7-9(10)3/h7,9-10H,4-6H2,1-3H3. The number of carbonyl (C=O) groups is 1. The third-order valence-corrected chi connectivity index (χ3v) is 2.79. The lowest BCUT2D eigenvalue weighted by Crippen LogP contribution is -2.23. The molecule has 0 radical (unpaired) electrons. The molecule has 0 saturated heterocycles. The van der Waals surface area contributed by atoms with Crippen molar-refractivity contribution in [2.24, 2.45) is 11.8 Å². The third-order valence-electron chi connectivity index (χ3n) is 2.79. The van der Waals surface area contributed by atoms with Gasteiger partial charge in [-0.05, 0) is 25.7 Å². The molecule has 0 aliphatic heterocycles. The zero-order valence-corrected chi connectivity index (χ0v) is 8.26. The number of Topliss-reactive ketones (excluding diaryl/α,β-unsaturated/α-hetero) is 1. The molecule has 0 bridgehead atoms. The minimum Gasteiger partial charge on any atom is -0.299 e. The molecule has 68 valence electrons. The summed E-state index contributed by atoms with van der Waals surface area (Å²) in [4.78, 5) is 11.5. The van der Waals surface area contributed by atoms with Gasteiger partial charge in [-0.1, -0.05) is 25.5 Å². The first-order chi connectivity index (χ1) is 5.65. The van der Waals surface area contributed by atoms with Gasteiger partial charge in [-0.3, -0.25) is 4.79 Å². The minimum absolute atomic E-state index is 0.304. The molecular formula is C11H18O. The second-order valence-electron chi connectivity index (χ2n) is 3.84. The Balaban J connectivity index is 2.64. The lowest BCUT2D eigenvalue weighted by atomic mass is 9.79. The maximum Gasteiger partial charge on any atom is 0.136 e. The van der Waals surface area contributed by atoms with Crippen LogP contribution in [0.5, 0.6) is 0 Å². The smallest absolute Gasteiger partial charge is 0.136 e. The van der Waals surface area contributed by atoms with E-state index in [1.54, 1.807) is 0 Å². The van der Waals surface area contributed by atoms with E-state index in [9.17, 15) is 4.79 Å². The van der Waals surface area contributed by atoms with Gasteiger partial charge in [-0.15, -0.1) is 0 Å². The average Bonchev–Trinajstić information content (AvgIpc) is 2.03. The molecule has 0 aromatic carbocycles. The first-order valence-corrected chi connectivity index (χ1v) is 4.85. The molecule has 2 atom stereocenters. The average molecular weight is 166 g/mol. The van der Waals surface area contributed by atoms with Crippen LogP contribution in [0.3, 0.4) is 0 Å². The SMILES string of the molecule is CCC(=O)C1CCC(C)=CC1C. The van der Waals surface area contributed by atoms with Gasteiger partial charge < -0.3 is 0 Å². The summed E-state index contributed by atoms with van der Waals surface area (Å²) in [6.07, 6.45) is 5.13. The van der Waals surface area contributed by atoms with Gasteiger partial charge in [-0.25, -0.2) is 0 Å². The fourth-order valence-corrected chi connectivity index (χ4v) is 2.01. The van der Waals surface area contributed by atoms with E-state index in [4.69, 9.17) is 0 Å². The molecule has 0 spiro atoms. The van der Waals surface area contributed by atoms with Crippen LogP contribution in [0.2, 0.25) is 0 Å². The van der Waals surface area contributed by atoms with Crippen molar-refractivity contribution < 1.29 is 4.79 Å². The van der Waals surface area contributed by atoms with Gasteiger partial charge in [0.2, 0.25) is 0 Å². The lowest BCUT2D eigenvalue weighted by molar-refractivity contribution is -0.123. The van der Waals surface area contributed by atoms with Crippen molar-refractivity contribution in [1.82, 2.24) is 0 Å². The van der Waals surface area contributed by atoms with Crippen LogP contribution in [-0.4, -0.2) is 5.78 Å². The van der Waals surface area contributed by atoms with Crippen LogP contribution < -0.4 is 0 Å². The summed E-state index contributed by atoms with van der Waals surface area (Å²) in [7, 11) is 0. The van der Waals surface area contributed by atoms with Crippen molar-refractivity contribution >= 4 is 5.78 Å². The Morgan fingerprint density at radius 2 is 2.33 bits per heavy atom. The van der Waals surface area contributed by atoms with Crippen LogP contribution >= 0.6 is 0 Å². The number of ketones is 1. The van der Waals surface area contributed by atoms with E-state index in [0.717, 1.165) is 12.8 Å². The zero-order valence-electron chi connectivity index (χ0n) is 8.26. The predicted molar refractivity (Wildman–Crippen MR) is 50.9 cm³/mol. The molecule has 2 unspecified atom stereocenters. The maximum absolute atomic E-state index is 11.5. The van der Waals surface area contributed by atoms with Crippen molar-refractivity contribution in [2.45, 2.75) is 40.0 Å². The molecule has 1 heteroatoms. The normalized spacial score (nSPS) is 29.8. The zero-order chi connectivity index (χ0) is 9.14. The molecule has 12 heavy (non-hydrogen) atoms. The lowest BCUT2D eigenvalue weighted by Gasteiger charge is -2.25. The van der Waals surface area contributed by atoms with Crippen LogP contribution in [0.15, 0.2) is 11.6 Å². The van der Waals surface area contributed by atoms with Crippen LogP contribution in [0.25, 0.3) is 0 Å². The highest BCUT2D eigenvalue weighted by molar-refractivity contribution is 5.81. The number of allylic oxidation sites excluding steroid dienone is 2. The van der Waals surface area contributed by atoms with E-state index in [1.165, 1.54) is 5.57 Å². The molecule has 0 aromatic rings. The first kappa shape index (κ1) is 9.50. The second kappa shape index (κ2) is 3.88. The Labute approximate surface area is 74.9 Å². The Bertz CT molecular complexity index is 203. The van der Waals surface area contributed by atoms with Crippen molar-refractivity contribution in [3.8, 4) is 0 Å². The van der Waals surface area contributed by atoms with E-state index in [0.29, 0.717) is 24.0 Å². The summed E-state index contributed by atoms with van der Waals surface area (Å²) >= 11 is 0. The number of carbonyl (C=O) groups excluding carboxylic acids is 1. The molecule has 1 aliphatic carbocycles. The van der Waals surface area contributed by atoms with Crippen LogP contribution in [0.1, 0.15) is 40.0 Å². The van der Waals surface area contributed by atoms with Crippen LogP contribution in [-0.2, 0) is 4.79 Å². The van der Waals surface area contributed by atoms with E-state index in [1.807, 2.05) is 6.92 Å². The number of rotatable bonds is 2. The number of hydrogen-bond acceptors (Lipinski definition) is 1. The summed E-state index contributed by atoms with van der Waals surface area (Å²) in [6, 6.07) is 0. The van der Waals surface area contributed by atoms with E-state index in [-0.39, 0.29) is 0 Å². The van der Waals surface area contributed by atoms with E-state index >= 15 is 0 Å². The summed E-state index contributed by atoms with van der Waals surface area (Å²) in [5.41, 5.74) is 1.45. The monoisotopic (exact) mass is 166 g/mol. The molecular weight excluding hydrogens is 148 g/mol. The van der Waals surface area contributed by atoms with Crippen molar-refractivity contribution in [2.75, 3.05) is 0 Å². The summed E-state index contributed by atoms with van der Waals surface area (Å²) in [6.45, 7) is 6.27. The molecule has 1 nitrogen and oxygen atoms in total. The fourth-order valence-electron chi connectivity index (χ4n) is 2.01. The largest absolute Gasteiger partial charge is 0.299 e. The molecule has 0 aromatic heterocycles. The molecule has 0 fully saturated rings. The predicted octanol–water partition coefficient (Wildman–Crippen LogP) is 2.96. The van der Waals surface area contributed by atoms with Gasteiger partial charge in [0, 0.05) is 12.3 Å². The van der Waals surface area contributed by atoms with E-state index < -0.39 is 0 Å². The second-order valence-corrected chi connectivity index (χ2v) is 3.84. The molecule has 1 rings (SSSR count). The molecule has 0 heterocycles. The Kier molecular flexibility index (Phi) is 3.07. The highest BCUT2D eigenvalue weighted by Gasteiger charge is 2.24. The highest BCUT2D eigenvalue weighted by atomic mass is 16.1. The van der Waals surface area contributed by atoms with Gasteiger partial charge in [0.1, 0.15) is 5.78 Å². The van der Waals surface area contributed by atoms with Gasteiger partial charge in [0.05, 0.1) is 0 Å². The van der Waals surface area contributed by atoms with Crippen molar-refractivity contribution in [3.63, 3.8) is 0 Å². The summed E-state index contributed by atoms with van der Waals surface area (Å²) in [5.74, 6) is 1.20. The highest BCUT2D eigenvalue weighted by Crippen LogP contribution is 2.29.